The summed E-state index contributed by atoms with van der Waals surface area (Å²) in [5.74, 6) is -0.410. The molecule has 0 fully saturated rings. The third-order valence-corrected chi connectivity index (χ3v) is 3.50. The SMILES string of the molecule is CCc1nn(CC)c(CC(=O)COCC(F)(F)F)c1Br. The lowest BCUT2D eigenvalue weighted by Crippen LogP contribution is -2.22. The van der Waals surface area contributed by atoms with E-state index in [4.69, 9.17) is 0 Å². The lowest BCUT2D eigenvalue weighted by atomic mass is 10.2. The number of hydrogen-bond donors (Lipinski definition) is 0. The maximum Gasteiger partial charge on any atom is 0.411 e. The fourth-order valence-corrected chi connectivity index (χ4v) is 2.41. The molecular weight excluding hydrogens is 341 g/mol. The fraction of sp³-hybridized carbons (Fsp3) is 0.667. The minimum atomic E-state index is -4.42. The van der Waals surface area contributed by atoms with Crippen molar-refractivity contribution in [1.29, 1.82) is 0 Å². The van der Waals surface area contributed by atoms with Gasteiger partial charge in [-0.2, -0.15) is 18.3 Å². The highest BCUT2D eigenvalue weighted by molar-refractivity contribution is 9.10. The number of carbonyl (C=O) groups excluding carboxylic acids is 1. The van der Waals surface area contributed by atoms with E-state index in [1.54, 1.807) is 4.68 Å². The zero-order valence-electron chi connectivity index (χ0n) is 11.3. The number of rotatable bonds is 7. The summed E-state index contributed by atoms with van der Waals surface area (Å²) >= 11 is 3.38. The highest BCUT2D eigenvalue weighted by atomic mass is 79.9. The molecule has 0 bridgehead atoms. The van der Waals surface area contributed by atoms with Crippen LogP contribution in [0.25, 0.3) is 0 Å². The van der Waals surface area contributed by atoms with Crippen LogP contribution in [0.4, 0.5) is 13.2 Å². The quantitative estimate of drug-likeness (QED) is 0.754. The molecule has 0 N–H and O–H groups in total. The van der Waals surface area contributed by atoms with Crippen molar-refractivity contribution in [2.75, 3.05) is 13.2 Å². The minimum Gasteiger partial charge on any atom is -0.364 e. The van der Waals surface area contributed by atoms with E-state index in [9.17, 15) is 18.0 Å². The molecule has 0 aliphatic carbocycles. The van der Waals surface area contributed by atoms with Crippen molar-refractivity contribution in [3.63, 3.8) is 0 Å². The summed E-state index contributed by atoms with van der Waals surface area (Å²) in [7, 11) is 0. The Morgan fingerprint density at radius 3 is 2.55 bits per heavy atom. The van der Waals surface area contributed by atoms with Crippen LogP contribution in [0.3, 0.4) is 0 Å². The summed E-state index contributed by atoms with van der Waals surface area (Å²) < 4.78 is 42.5. The monoisotopic (exact) mass is 356 g/mol. The summed E-state index contributed by atoms with van der Waals surface area (Å²) in [6, 6.07) is 0. The van der Waals surface area contributed by atoms with Crippen LogP contribution in [0.5, 0.6) is 0 Å². The van der Waals surface area contributed by atoms with Crippen LogP contribution in [-0.4, -0.2) is 35.0 Å². The van der Waals surface area contributed by atoms with E-state index >= 15 is 0 Å². The molecule has 0 radical (unpaired) electrons. The van der Waals surface area contributed by atoms with Gasteiger partial charge in [0.15, 0.2) is 5.78 Å². The predicted octanol–water partition coefficient (Wildman–Crippen LogP) is 2.92. The zero-order chi connectivity index (χ0) is 15.3. The number of ether oxygens (including phenoxy) is 1. The van der Waals surface area contributed by atoms with Crippen LogP contribution < -0.4 is 0 Å². The highest BCUT2D eigenvalue weighted by Crippen LogP contribution is 2.23. The largest absolute Gasteiger partial charge is 0.411 e. The van der Waals surface area contributed by atoms with E-state index in [-0.39, 0.29) is 6.42 Å². The standard InChI is InChI=1S/C12H16BrF3N2O2/c1-3-9-11(13)10(18(4-2)17-9)5-8(19)6-20-7-12(14,15)16/h3-7H2,1-2H3. The number of aryl methyl sites for hydroxylation is 2. The summed E-state index contributed by atoms with van der Waals surface area (Å²) in [4.78, 5) is 11.7. The van der Waals surface area contributed by atoms with E-state index in [1.165, 1.54) is 0 Å². The molecule has 0 saturated heterocycles. The second kappa shape index (κ2) is 7.21. The van der Waals surface area contributed by atoms with Gasteiger partial charge in [0.25, 0.3) is 0 Å². The number of halogens is 4. The Bertz CT molecular complexity index is 472. The first kappa shape index (κ1) is 17.2. The highest BCUT2D eigenvalue weighted by Gasteiger charge is 2.28. The van der Waals surface area contributed by atoms with Gasteiger partial charge >= 0.3 is 6.18 Å². The molecule has 0 spiro atoms. The molecule has 0 aromatic carbocycles. The van der Waals surface area contributed by atoms with Crippen molar-refractivity contribution in [1.82, 2.24) is 9.78 Å². The third kappa shape index (κ3) is 4.90. The van der Waals surface area contributed by atoms with E-state index in [1.807, 2.05) is 13.8 Å². The predicted molar refractivity (Wildman–Crippen MR) is 70.6 cm³/mol. The van der Waals surface area contributed by atoms with Gasteiger partial charge in [-0.15, -0.1) is 0 Å². The Balaban J connectivity index is 2.64. The minimum absolute atomic E-state index is 0.000714. The molecule has 1 aromatic rings. The van der Waals surface area contributed by atoms with Gasteiger partial charge in [0.1, 0.15) is 13.2 Å². The number of alkyl halides is 3. The molecule has 4 nitrogen and oxygen atoms in total. The number of aromatic nitrogens is 2. The smallest absolute Gasteiger partial charge is 0.364 e. The summed E-state index contributed by atoms with van der Waals surface area (Å²) in [6.45, 7) is 2.44. The number of ketones is 1. The Labute approximate surface area is 123 Å². The van der Waals surface area contributed by atoms with Gasteiger partial charge in [0.2, 0.25) is 0 Å². The Hall–Kier alpha value is -0.890. The summed E-state index contributed by atoms with van der Waals surface area (Å²) in [5.41, 5.74) is 1.50. The second-order valence-corrected chi connectivity index (χ2v) is 4.99. The molecule has 1 heterocycles. The molecule has 0 saturated carbocycles. The zero-order valence-corrected chi connectivity index (χ0v) is 12.8. The number of carbonyl (C=O) groups is 1. The van der Waals surface area contributed by atoms with Gasteiger partial charge in [-0.3, -0.25) is 9.48 Å². The number of hydrogen-bond acceptors (Lipinski definition) is 3. The van der Waals surface area contributed by atoms with Crippen molar-refractivity contribution < 1.29 is 22.7 Å². The molecule has 0 aliphatic rings. The number of Topliss-reactive ketones (excluding diaryl/α,β-unsaturated/α-hetero) is 1. The molecule has 114 valence electrons. The molecule has 20 heavy (non-hydrogen) atoms. The first-order chi connectivity index (χ1) is 9.28. The Kier molecular flexibility index (Phi) is 6.19. The Morgan fingerprint density at radius 2 is 2.05 bits per heavy atom. The Morgan fingerprint density at radius 1 is 1.40 bits per heavy atom. The third-order valence-electron chi connectivity index (χ3n) is 2.59. The first-order valence-electron chi connectivity index (χ1n) is 6.18. The van der Waals surface area contributed by atoms with Gasteiger partial charge in [-0.25, -0.2) is 0 Å². The summed E-state index contributed by atoms with van der Waals surface area (Å²) in [5, 5.41) is 4.32. The van der Waals surface area contributed by atoms with Crippen LogP contribution in [0.15, 0.2) is 4.47 Å². The van der Waals surface area contributed by atoms with E-state index in [0.29, 0.717) is 18.7 Å². The van der Waals surface area contributed by atoms with Gasteiger partial charge in [-0.1, -0.05) is 6.92 Å². The van der Waals surface area contributed by atoms with Crippen LogP contribution in [0.1, 0.15) is 25.2 Å². The van der Waals surface area contributed by atoms with Crippen molar-refractivity contribution in [2.45, 2.75) is 39.4 Å². The van der Waals surface area contributed by atoms with Crippen molar-refractivity contribution in [3.8, 4) is 0 Å². The maximum absolute atomic E-state index is 11.9. The average Bonchev–Trinajstić information content (AvgIpc) is 2.64. The van der Waals surface area contributed by atoms with Gasteiger partial charge in [0, 0.05) is 6.54 Å². The van der Waals surface area contributed by atoms with Crippen molar-refractivity contribution in [3.05, 3.63) is 15.9 Å². The molecule has 0 atom stereocenters. The van der Waals surface area contributed by atoms with Crippen LogP contribution in [0, 0.1) is 0 Å². The average molecular weight is 357 g/mol. The van der Waals surface area contributed by atoms with Crippen molar-refractivity contribution >= 4 is 21.7 Å². The van der Waals surface area contributed by atoms with Crippen molar-refractivity contribution in [2.24, 2.45) is 0 Å². The van der Waals surface area contributed by atoms with Gasteiger partial charge in [-0.05, 0) is 29.3 Å². The normalized spacial score (nSPS) is 11.9. The molecular formula is C12H16BrF3N2O2. The molecule has 1 aromatic heterocycles. The molecule has 0 amide bonds. The van der Waals surface area contributed by atoms with E-state index in [0.717, 1.165) is 10.2 Å². The molecule has 0 unspecified atom stereocenters. The van der Waals surface area contributed by atoms with Crippen LogP contribution in [0.2, 0.25) is 0 Å². The van der Waals surface area contributed by atoms with Crippen LogP contribution in [-0.2, 0) is 28.9 Å². The molecule has 1 rings (SSSR count). The van der Waals surface area contributed by atoms with E-state index < -0.39 is 25.2 Å². The molecule has 0 aliphatic heterocycles. The lowest BCUT2D eigenvalue weighted by Gasteiger charge is -2.08. The van der Waals surface area contributed by atoms with Gasteiger partial charge in [0.05, 0.1) is 22.3 Å². The first-order valence-corrected chi connectivity index (χ1v) is 6.98. The lowest BCUT2D eigenvalue weighted by molar-refractivity contribution is -0.175. The fourth-order valence-electron chi connectivity index (χ4n) is 1.70. The van der Waals surface area contributed by atoms with Gasteiger partial charge < -0.3 is 4.74 Å². The van der Waals surface area contributed by atoms with E-state index in [2.05, 4.69) is 25.8 Å². The van der Waals surface area contributed by atoms with Crippen LogP contribution >= 0.6 is 15.9 Å². The molecule has 8 heteroatoms. The summed E-state index contributed by atoms with van der Waals surface area (Å²) in [6.07, 6.45) is -3.71. The maximum atomic E-state index is 11.9. The number of nitrogens with zero attached hydrogens (tertiary/aromatic N) is 2. The second-order valence-electron chi connectivity index (χ2n) is 4.20. The topological polar surface area (TPSA) is 44.1 Å².